The number of nitrogens with zero attached hydrogens (tertiary/aromatic N) is 5. The Hall–Kier alpha value is -2.92. The standard InChI is InChI=1S/C24H32N6O3S2/c1-14-19(21(32)29(6)7)35-22(25-14)26-18(31)13-34-23-28-27-20(30(23)8)15(2)33-17-11-9-16(10-12-17)24(3,4)5/h9-12,15H,13H2,1-8H3,(H,25,26,31). The maximum absolute atomic E-state index is 12.5. The SMILES string of the molecule is Cc1nc(NC(=O)CSc2nnc(C(C)Oc3ccc(C(C)(C)C)cc3)n2C)sc1C(=O)N(C)C. The Labute approximate surface area is 214 Å². The summed E-state index contributed by atoms with van der Waals surface area (Å²) in [6, 6.07) is 8.07. The van der Waals surface area contributed by atoms with E-state index in [1.807, 2.05) is 30.7 Å². The molecular weight excluding hydrogens is 484 g/mol. The number of carbonyl (C=O) groups is 2. The summed E-state index contributed by atoms with van der Waals surface area (Å²) in [5.74, 6) is 1.18. The monoisotopic (exact) mass is 516 g/mol. The van der Waals surface area contributed by atoms with Crippen LogP contribution >= 0.6 is 23.1 Å². The molecule has 3 aromatic rings. The first-order valence-electron chi connectivity index (χ1n) is 11.1. The number of thioether (sulfide) groups is 1. The fraction of sp³-hybridized carbons (Fsp3) is 0.458. The largest absolute Gasteiger partial charge is 0.483 e. The van der Waals surface area contributed by atoms with Crippen LogP contribution in [-0.2, 0) is 17.3 Å². The van der Waals surface area contributed by atoms with Crippen LogP contribution in [0.2, 0.25) is 0 Å². The second-order valence-corrected chi connectivity index (χ2v) is 11.3. The van der Waals surface area contributed by atoms with Gasteiger partial charge < -0.3 is 19.5 Å². The number of amides is 2. The zero-order valence-corrected chi connectivity index (χ0v) is 23.0. The molecule has 1 aromatic carbocycles. The first-order chi connectivity index (χ1) is 16.4. The van der Waals surface area contributed by atoms with Gasteiger partial charge in [0.25, 0.3) is 5.91 Å². The number of thiazole rings is 1. The summed E-state index contributed by atoms with van der Waals surface area (Å²) in [5.41, 5.74) is 1.91. The molecule has 11 heteroatoms. The minimum Gasteiger partial charge on any atom is -0.483 e. The highest BCUT2D eigenvalue weighted by Crippen LogP contribution is 2.28. The van der Waals surface area contributed by atoms with E-state index in [9.17, 15) is 9.59 Å². The Morgan fingerprint density at radius 2 is 1.86 bits per heavy atom. The van der Waals surface area contributed by atoms with Crippen molar-refractivity contribution in [3.8, 4) is 5.75 Å². The summed E-state index contributed by atoms with van der Waals surface area (Å²) < 4.78 is 7.89. The summed E-state index contributed by atoms with van der Waals surface area (Å²) in [7, 11) is 5.21. The van der Waals surface area contributed by atoms with Gasteiger partial charge in [-0.3, -0.25) is 9.59 Å². The van der Waals surface area contributed by atoms with Gasteiger partial charge in [0.15, 0.2) is 22.2 Å². The Balaban J connectivity index is 1.58. The van der Waals surface area contributed by atoms with Gasteiger partial charge in [-0.2, -0.15) is 0 Å². The van der Waals surface area contributed by atoms with Crippen LogP contribution in [0.1, 0.15) is 60.6 Å². The summed E-state index contributed by atoms with van der Waals surface area (Å²) in [6.07, 6.45) is -0.317. The van der Waals surface area contributed by atoms with Crippen LogP contribution in [0.25, 0.3) is 0 Å². The average Bonchev–Trinajstić information content (AvgIpc) is 3.33. The molecule has 1 N–H and O–H groups in total. The van der Waals surface area contributed by atoms with E-state index in [1.165, 1.54) is 33.6 Å². The molecule has 35 heavy (non-hydrogen) atoms. The number of carbonyl (C=O) groups excluding carboxylic acids is 2. The van der Waals surface area contributed by atoms with E-state index in [0.717, 1.165) is 5.75 Å². The molecule has 0 aliphatic carbocycles. The van der Waals surface area contributed by atoms with Crippen LogP contribution in [0, 0.1) is 6.92 Å². The molecule has 0 radical (unpaired) electrons. The van der Waals surface area contributed by atoms with Crippen molar-refractivity contribution >= 4 is 40.0 Å². The molecule has 0 spiro atoms. The number of benzene rings is 1. The lowest BCUT2D eigenvalue weighted by atomic mass is 9.87. The van der Waals surface area contributed by atoms with Gasteiger partial charge in [0.2, 0.25) is 5.91 Å². The second-order valence-electron chi connectivity index (χ2n) is 9.40. The molecule has 2 amide bonds. The molecule has 3 rings (SSSR count). The molecule has 188 valence electrons. The molecule has 2 aromatic heterocycles. The number of hydrogen-bond acceptors (Lipinski definition) is 8. The predicted molar refractivity (Wildman–Crippen MR) is 139 cm³/mol. The third-order valence-corrected chi connectivity index (χ3v) is 7.32. The van der Waals surface area contributed by atoms with E-state index < -0.39 is 0 Å². The van der Waals surface area contributed by atoms with Crippen LogP contribution in [0.4, 0.5) is 5.13 Å². The maximum Gasteiger partial charge on any atom is 0.265 e. The van der Waals surface area contributed by atoms with Crippen molar-refractivity contribution in [2.75, 3.05) is 25.2 Å². The lowest BCUT2D eigenvalue weighted by molar-refractivity contribution is -0.113. The molecular formula is C24H32N6O3S2. The highest BCUT2D eigenvalue weighted by atomic mass is 32.2. The van der Waals surface area contributed by atoms with E-state index in [0.29, 0.717) is 26.7 Å². The van der Waals surface area contributed by atoms with Crippen LogP contribution in [0.3, 0.4) is 0 Å². The molecule has 1 atom stereocenters. The van der Waals surface area contributed by atoms with Crippen LogP contribution < -0.4 is 10.1 Å². The Morgan fingerprint density at radius 1 is 1.20 bits per heavy atom. The zero-order valence-electron chi connectivity index (χ0n) is 21.4. The Kier molecular flexibility index (Phi) is 8.22. The van der Waals surface area contributed by atoms with Crippen LogP contribution in [-0.4, -0.2) is 56.3 Å². The lowest BCUT2D eigenvalue weighted by Gasteiger charge is -2.20. The minimum atomic E-state index is -0.317. The maximum atomic E-state index is 12.5. The van der Waals surface area contributed by atoms with Gasteiger partial charge in [-0.25, -0.2) is 4.98 Å². The molecule has 0 saturated carbocycles. The number of ether oxygens (including phenoxy) is 1. The van der Waals surface area contributed by atoms with E-state index in [1.54, 1.807) is 21.0 Å². The minimum absolute atomic E-state index is 0.0798. The summed E-state index contributed by atoms with van der Waals surface area (Å²) in [5, 5.41) is 12.2. The first kappa shape index (κ1) is 26.7. The van der Waals surface area contributed by atoms with Crippen molar-refractivity contribution in [1.82, 2.24) is 24.6 Å². The molecule has 0 aliphatic rings. The Morgan fingerprint density at radius 3 is 2.46 bits per heavy atom. The van der Waals surface area contributed by atoms with Crippen molar-refractivity contribution in [3.05, 3.63) is 46.2 Å². The van der Waals surface area contributed by atoms with E-state index in [2.05, 4.69) is 53.4 Å². The predicted octanol–water partition coefficient (Wildman–Crippen LogP) is 4.45. The summed E-state index contributed by atoms with van der Waals surface area (Å²) in [6.45, 7) is 10.2. The molecule has 0 saturated heterocycles. The van der Waals surface area contributed by atoms with Crippen molar-refractivity contribution in [2.45, 2.75) is 51.3 Å². The lowest BCUT2D eigenvalue weighted by Crippen LogP contribution is -2.21. The highest BCUT2D eigenvalue weighted by molar-refractivity contribution is 7.99. The highest BCUT2D eigenvalue weighted by Gasteiger charge is 2.21. The van der Waals surface area contributed by atoms with Crippen LogP contribution in [0.5, 0.6) is 5.75 Å². The smallest absolute Gasteiger partial charge is 0.265 e. The number of anilines is 1. The van der Waals surface area contributed by atoms with Gasteiger partial charge in [-0.15, -0.1) is 10.2 Å². The van der Waals surface area contributed by atoms with Crippen LogP contribution in [0.15, 0.2) is 29.4 Å². The third-order valence-electron chi connectivity index (χ3n) is 5.24. The van der Waals surface area contributed by atoms with Gasteiger partial charge in [0.05, 0.1) is 11.4 Å². The molecule has 2 heterocycles. The normalized spacial score (nSPS) is 12.3. The second kappa shape index (κ2) is 10.8. The number of rotatable bonds is 8. The third kappa shape index (κ3) is 6.61. The topological polar surface area (TPSA) is 102 Å². The van der Waals surface area contributed by atoms with Gasteiger partial charge in [-0.1, -0.05) is 56.0 Å². The number of hydrogen-bond donors (Lipinski definition) is 1. The van der Waals surface area contributed by atoms with E-state index in [-0.39, 0.29) is 29.1 Å². The summed E-state index contributed by atoms with van der Waals surface area (Å²) in [4.78, 5) is 30.9. The van der Waals surface area contributed by atoms with Crippen molar-refractivity contribution < 1.29 is 14.3 Å². The first-order valence-corrected chi connectivity index (χ1v) is 12.9. The van der Waals surface area contributed by atoms with Gasteiger partial charge in [0, 0.05) is 21.1 Å². The van der Waals surface area contributed by atoms with Crippen molar-refractivity contribution in [1.29, 1.82) is 0 Å². The fourth-order valence-corrected chi connectivity index (χ4v) is 4.96. The van der Waals surface area contributed by atoms with E-state index >= 15 is 0 Å². The molecule has 0 bridgehead atoms. The molecule has 1 unspecified atom stereocenters. The van der Waals surface area contributed by atoms with Gasteiger partial charge in [0.1, 0.15) is 10.6 Å². The van der Waals surface area contributed by atoms with Crippen molar-refractivity contribution in [3.63, 3.8) is 0 Å². The number of aryl methyl sites for hydroxylation is 1. The van der Waals surface area contributed by atoms with Gasteiger partial charge in [-0.05, 0) is 37.0 Å². The quantitative estimate of drug-likeness (QED) is 0.441. The molecule has 0 fully saturated rings. The number of nitrogens with one attached hydrogen (secondary N) is 1. The molecule has 0 aliphatic heterocycles. The zero-order chi connectivity index (χ0) is 25.9. The fourth-order valence-electron chi connectivity index (χ4n) is 3.23. The molecule has 9 nitrogen and oxygen atoms in total. The number of aromatic nitrogens is 4. The Bertz CT molecular complexity index is 1200. The van der Waals surface area contributed by atoms with E-state index in [4.69, 9.17) is 4.74 Å². The average molecular weight is 517 g/mol. The van der Waals surface area contributed by atoms with Gasteiger partial charge >= 0.3 is 0 Å². The summed E-state index contributed by atoms with van der Waals surface area (Å²) >= 11 is 2.44. The van der Waals surface area contributed by atoms with Crippen molar-refractivity contribution in [2.24, 2.45) is 7.05 Å².